The van der Waals surface area contributed by atoms with Gasteiger partial charge in [0.05, 0.1) is 0 Å². The van der Waals surface area contributed by atoms with Crippen molar-refractivity contribution in [3.05, 3.63) is 30.1 Å². The molecule has 0 aliphatic heterocycles. The van der Waals surface area contributed by atoms with Crippen LogP contribution in [-0.2, 0) is 0 Å². The summed E-state index contributed by atoms with van der Waals surface area (Å²) in [5.74, 6) is 0. The van der Waals surface area contributed by atoms with Crippen molar-refractivity contribution in [3.63, 3.8) is 0 Å². The highest BCUT2D eigenvalue weighted by atomic mass is 14.7. The Hall–Kier alpha value is -0.980. The molecular weight excluding hydrogens is 146 g/mol. The van der Waals surface area contributed by atoms with Crippen LogP contribution >= 0.6 is 0 Å². The van der Waals surface area contributed by atoms with Gasteiger partial charge in [-0.25, -0.2) is 0 Å². The average Bonchev–Trinajstić information content (AvgIpc) is 2.57. The van der Waals surface area contributed by atoms with E-state index in [1.807, 2.05) is 12.3 Å². The van der Waals surface area contributed by atoms with Gasteiger partial charge in [-0.05, 0) is 31.1 Å². The number of nitrogens with one attached hydrogen (secondary N) is 1. The molecule has 1 aromatic rings. The molecule has 0 bridgehead atoms. The number of aromatic amines is 1. The highest BCUT2D eigenvalue weighted by Crippen LogP contribution is 2.03. The molecule has 0 amide bonds. The smallest absolute Gasteiger partial charge is 0.0377 e. The Balaban J connectivity index is 2.14. The van der Waals surface area contributed by atoms with Gasteiger partial charge in [-0.1, -0.05) is 25.8 Å². The van der Waals surface area contributed by atoms with Crippen molar-refractivity contribution in [3.8, 4) is 0 Å². The summed E-state index contributed by atoms with van der Waals surface area (Å²) in [5, 5.41) is 0. The molecule has 0 aliphatic carbocycles. The van der Waals surface area contributed by atoms with Crippen molar-refractivity contribution >= 4 is 6.08 Å². The van der Waals surface area contributed by atoms with Crippen LogP contribution in [0.4, 0.5) is 0 Å². The molecule has 1 aromatic heterocycles. The Morgan fingerprint density at radius 2 is 2.33 bits per heavy atom. The number of allylic oxidation sites excluding steroid dienone is 1. The predicted molar refractivity (Wildman–Crippen MR) is 54.0 cm³/mol. The van der Waals surface area contributed by atoms with E-state index in [9.17, 15) is 0 Å². The van der Waals surface area contributed by atoms with Crippen LogP contribution in [0, 0.1) is 0 Å². The molecule has 66 valence electrons. The molecule has 0 fully saturated rings. The predicted octanol–water partition coefficient (Wildman–Crippen LogP) is 3.61. The molecule has 0 saturated carbocycles. The number of aromatic nitrogens is 1. The van der Waals surface area contributed by atoms with Gasteiger partial charge in [-0.15, -0.1) is 0 Å². The highest BCUT2D eigenvalue weighted by Gasteiger charge is 1.84. The quantitative estimate of drug-likeness (QED) is 0.638. The summed E-state index contributed by atoms with van der Waals surface area (Å²) in [6.07, 6.45) is 11.5. The second-order valence-corrected chi connectivity index (χ2v) is 3.02. The van der Waals surface area contributed by atoms with Gasteiger partial charge in [0.25, 0.3) is 0 Å². The summed E-state index contributed by atoms with van der Waals surface area (Å²) < 4.78 is 0. The lowest BCUT2D eigenvalue weighted by molar-refractivity contribution is 0.730. The van der Waals surface area contributed by atoms with Gasteiger partial charge in [-0.3, -0.25) is 0 Å². The van der Waals surface area contributed by atoms with Crippen LogP contribution in [0.2, 0.25) is 0 Å². The third kappa shape index (κ3) is 3.42. The zero-order valence-corrected chi connectivity index (χ0v) is 7.72. The monoisotopic (exact) mass is 163 g/mol. The number of rotatable bonds is 5. The first-order valence-electron chi connectivity index (χ1n) is 4.73. The number of unbranched alkanes of at least 4 members (excludes halogenated alkanes) is 3. The maximum Gasteiger partial charge on any atom is 0.0377 e. The van der Waals surface area contributed by atoms with Gasteiger partial charge in [0.2, 0.25) is 0 Å². The van der Waals surface area contributed by atoms with Crippen molar-refractivity contribution in [2.24, 2.45) is 0 Å². The lowest BCUT2D eigenvalue weighted by Crippen LogP contribution is -1.71. The molecular formula is C11H17N. The van der Waals surface area contributed by atoms with Crippen LogP contribution in [-0.4, -0.2) is 4.98 Å². The van der Waals surface area contributed by atoms with Crippen LogP contribution in [0.3, 0.4) is 0 Å². The second-order valence-electron chi connectivity index (χ2n) is 3.02. The second kappa shape index (κ2) is 5.64. The molecule has 1 nitrogen and oxygen atoms in total. The van der Waals surface area contributed by atoms with E-state index in [-0.39, 0.29) is 0 Å². The van der Waals surface area contributed by atoms with Crippen LogP contribution in [0.15, 0.2) is 24.4 Å². The molecule has 0 aliphatic rings. The van der Waals surface area contributed by atoms with Crippen LogP contribution < -0.4 is 0 Å². The Morgan fingerprint density at radius 3 is 3.00 bits per heavy atom. The molecule has 1 rings (SSSR count). The van der Waals surface area contributed by atoms with Gasteiger partial charge in [0.15, 0.2) is 0 Å². The molecule has 1 heteroatoms. The number of hydrogen-bond donors (Lipinski definition) is 1. The standard InChI is InChI=1S/C11H17N/c1-2-3-4-5-6-8-11-9-7-10-12-11/h6-10,12H,2-5H2,1H3/b8-6-. The molecule has 1 N–H and O–H groups in total. The van der Waals surface area contributed by atoms with Gasteiger partial charge >= 0.3 is 0 Å². The van der Waals surface area contributed by atoms with E-state index < -0.39 is 0 Å². The molecule has 0 spiro atoms. The Labute approximate surface area is 74.5 Å². The first kappa shape index (κ1) is 9.11. The maximum absolute atomic E-state index is 3.14. The van der Waals surface area contributed by atoms with E-state index in [1.165, 1.54) is 31.4 Å². The maximum atomic E-state index is 3.14. The first-order chi connectivity index (χ1) is 5.93. The third-order valence-electron chi connectivity index (χ3n) is 1.89. The lowest BCUT2D eigenvalue weighted by atomic mass is 10.2. The van der Waals surface area contributed by atoms with Crippen LogP contribution in [0.25, 0.3) is 6.08 Å². The van der Waals surface area contributed by atoms with E-state index in [1.54, 1.807) is 0 Å². The molecule has 0 saturated heterocycles. The number of hydrogen-bond acceptors (Lipinski definition) is 0. The lowest BCUT2D eigenvalue weighted by Gasteiger charge is -1.90. The fourth-order valence-corrected chi connectivity index (χ4v) is 1.17. The first-order valence-corrected chi connectivity index (χ1v) is 4.73. The SMILES string of the molecule is CCCCC/C=C\c1ccc[nH]1. The average molecular weight is 163 g/mol. The minimum absolute atomic E-state index is 1.20. The van der Waals surface area contributed by atoms with E-state index in [2.05, 4.69) is 30.1 Å². The molecule has 0 atom stereocenters. The zero-order chi connectivity index (χ0) is 8.65. The number of H-pyrrole nitrogens is 1. The normalized spacial score (nSPS) is 11.1. The highest BCUT2D eigenvalue weighted by molar-refractivity contribution is 5.43. The van der Waals surface area contributed by atoms with Crippen molar-refractivity contribution < 1.29 is 0 Å². The fourth-order valence-electron chi connectivity index (χ4n) is 1.17. The van der Waals surface area contributed by atoms with Gasteiger partial charge in [0.1, 0.15) is 0 Å². The third-order valence-corrected chi connectivity index (χ3v) is 1.89. The van der Waals surface area contributed by atoms with E-state index in [0.29, 0.717) is 0 Å². The van der Waals surface area contributed by atoms with Crippen molar-refractivity contribution in [2.45, 2.75) is 32.6 Å². The van der Waals surface area contributed by atoms with Crippen LogP contribution in [0.5, 0.6) is 0 Å². The van der Waals surface area contributed by atoms with E-state index in [0.717, 1.165) is 0 Å². The molecule has 0 unspecified atom stereocenters. The summed E-state index contributed by atoms with van der Waals surface area (Å²) >= 11 is 0. The van der Waals surface area contributed by atoms with Crippen molar-refractivity contribution in [1.29, 1.82) is 0 Å². The van der Waals surface area contributed by atoms with Gasteiger partial charge in [0, 0.05) is 11.9 Å². The molecule has 0 radical (unpaired) electrons. The fraction of sp³-hybridized carbons (Fsp3) is 0.455. The Morgan fingerprint density at radius 1 is 1.42 bits per heavy atom. The van der Waals surface area contributed by atoms with Gasteiger partial charge < -0.3 is 4.98 Å². The summed E-state index contributed by atoms with van der Waals surface area (Å²) in [7, 11) is 0. The van der Waals surface area contributed by atoms with Gasteiger partial charge in [-0.2, -0.15) is 0 Å². The topological polar surface area (TPSA) is 15.8 Å². The minimum atomic E-state index is 1.20. The van der Waals surface area contributed by atoms with E-state index in [4.69, 9.17) is 0 Å². The van der Waals surface area contributed by atoms with Crippen LogP contribution in [0.1, 0.15) is 38.3 Å². The summed E-state index contributed by atoms with van der Waals surface area (Å²) in [4.78, 5) is 3.14. The van der Waals surface area contributed by atoms with E-state index >= 15 is 0 Å². The molecule has 1 heterocycles. The zero-order valence-electron chi connectivity index (χ0n) is 7.72. The Kier molecular flexibility index (Phi) is 4.28. The molecule has 12 heavy (non-hydrogen) atoms. The van der Waals surface area contributed by atoms with Crippen molar-refractivity contribution in [1.82, 2.24) is 4.98 Å². The minimum Gasteiger partial charge on any atom is -0.362 e. The summed E-state index contributed by atoms with van der Waals surface area (Å²) in [5.41, 5.74) is 1.20. The van der Waals surface area contributed by atoms with Crippen molar-refractivity contribution in [2.75, 3.05) is 0 Å². The summed E-state index contributed by atoms with van der Waals surface area (Å²) in [6, 6.07) is 4.10. The Bertz CT molecular complexity index is 209. The largest absolute Gasteiger partial charge is 0.362 e. The summed E-state index contributed by atoms with van der Waals surface area (Å²) in [6.45, 7) is 2.23. The molecule has 0 aromatic carbocycles.